The SMILES string of the molecule is O=C(Cc1ccccc1)N1CCC[C@H]1c1cc2nc3c(c(=O)n2[nH]1)CN(C1CCCC1)CC3. The van der Waals surface area contributed by atoms with Gasteiger partial charge in [-0.15, -0.1) is 0 Å². The van der Waals surface area contributed by atoms with Gasteiger partial charge in [-0.05, 0) is 31.2 Å². The summed E-state index contributed by atoms with van der Waals surface area (Å²) in [6.07, 6.45) is 8.19. The van der Waals surface area contributed by atoms with Gasteiger partial charge in [-0.3, -0.25) is 19.6 Å². The predicted octanol–water partition coefficient (Wildman–Crippen LogP) is 3.23. The number of nitrogens with one attached hydrogen (secondary N) is 1. The van der Waals surface area contributed by atoms with Crippen LogP contribution in [0.1, 0.15) is 67.1 Å². The standard InChI is InChI=1S/C26H31N5O2/c32-25(15-18-7-2-1-3-8-18)30-13-6-11-23(30)22-16-24-27-21-12-14-29(19-9-4-5-10-19)17-20(21)26(33)31(24)28-22/h1-3,7-8,16,19,23,28H,4-6,9-15,17H2/t23-/m0/s1. The van der Waals surface area contributed by atoms with E-state index in [4.69, 9.17) is 4.98 Å². The Hall–Kier alpha value is -2.93. The molecule has 33 heavy (non-hydrogen) atoms. The minimum atomic E-state index is -0.0330. The molecule has 1 N–H and O–H groups in total. The largest absolute Gasteiger partial charge is 0.334 e. The predicted molar refractivity (Wildman–Crippen MR) is 126 cm³/mol. The van der Waals surface area contributed by atoms with E-state index in [0.717, 1.165) is 54.9 Å². The number of carbonyl (C=O) groups is 1. The number of likely N-dealkylation sites (tertiary alicyclic amines) is 1. The molecule has 1 aliphatic carbocycles. The van der Waals surface area contributed by atoms with Crippen LogP contribution < -0.4 is 5.56 Å². The average molecular weight is 446 g/mol. The van der Waals surface area contributed by atoms with E-state index in [2.05, 4.69) is 10.00 Å². The first-order chi connectivity index (χ1) is 16.2. The monoisotopic (exact) mass is 445 g/mol. The number of benzene rings is 1. The van der Waals surface area contributed by atoms with Crippen LogP contribution in [0.3, 0.4) is 0 Å². The summed E-state index contributed by atoms with van der Waals surface area (Å²) in [7, 11) is 0. The highest BCUT2D eigenvalue weighted by molar-refractivity contribution is 5.79. The maximum atomic E-state index is 13.4. The molecule has 1 aromatic carbocycles. The lowest BCUT2D eigenvalue weighted by molar-refractivity contribution is -0.131. The number of nitrogens with zero attached hydrogens (tertiary/aromatic N) is 4. The van der Waals surface area contributed by atoms with Gasteiger partial charge in [0.15, 0.2) is 5.65 Å². The molecular formula is C26H31N5O2. The second kappa shape index (κ2) is 8.45. The number of H-pyrrole nitrogens is 1. The van der Waals surface area contributed by atoms with Crippen LogP contribution in [0, 0.1) is 0 Å². The Balaban J connectivity index is 1.27. The maximum Gasteiger partial charge on any atom is 0.277 e. The van der Waals surface area contributed by atoms with Crippen LogP contribution >= 0.6 is 0 Å². The fourth-order valence-corrected chi connectivity index (χ4v) is 6.03. The van der Waals surface area contributed by atoms with Crippen molar-refractivity contribution in [3.8, 4) is 0 Å². The molecule has 0 unspecified atom stereocenters. The van der Waals surface area contributed by atoms with Crippen LogP contribution in [-0.2, 0) is 24.2 Å². The molecular weight excluding hydrogens is 414 g/mol. The number of amides is 1. The third kappa shape index (κ3) is 3.78. The third-order valence-electron chi connectivity index (χ3n) is 7.78. The Morgan fingerprint density at radius 1 is 1.06 bits per heavy atom. The maximum absolute atomic E-state index is 13.4. The van der Waals surface area contributed by atoms with Crippen molar-refractivity contribution in [2.24, 2.45) is 0 Å². The van der Waals surface area contributed by atoms with Gasteiger partial charge in [0, 0.05) is 38.2 Å². The molecule has 1 saturated heterocycles. The average Bonchev–Trinajstić information content (AvgIpc) is 3.60. The number of aromatic nitrogens is 3. The first-order valence-corrected chi connectivity index (χ1v) is 12.4. The van der Waals surface area contributed by atoms with Crippen molar-refractivity contribution >= 4 is 11.6 Å². The second-order valence-electron chi connectivity index (χ2n) is 9.81. The van der Waals surface area contributed by atoms with Gasteiger partial charge < -0.3 is 4.90 Å². The Morgan fingerprint density at radius 3 is 2.70 bits per heavy atom. The Kier molecular flexibility index (Phi) is 5.29. The van der Waals surface area contributed by atoms with Crippen molar-refractivity contribution in [3.63, 3.8) is 0 Å². The summed E-state index contributed by atoms with van der Waals surface area (Å²) in [5.41, 5.74) is 4.41. The summed E-state index contributed by atoms with van der Waals surface area (Å²) < 4.78 is 1.60. The van der Waals surface area contributed by atoms with E-state index in [1.165, 1.54) is 25.7 Å². The second-order valence-corrected chi connectivity index (χ2v) is 9.81. The quantitative estimate of drug-likeness (QED) is 0.669. The number of aromatic amines is 1. The highest BCUT2D eigenvalue weighted by atomic mass is 16.2. The van der Waals surface area contributed by atoms with E-state index in [0.29, 0.717) is 24.7 Å². The molecule has 172 valence electrons. The van der Waals surface area contributed by atoms with Gasteiger partial charge in [0.05, 0.1) is 29.4 Å². The fraction of sp³-hybridized carbons (Fsp3) is 0.500. The topological polar surface area (TPSA) is 73.7 Å². The Morgan fingerprint density at radius 2 is 1.88 bits per heavy atom. The molecule has 2 aliphatic heterocycles. The minimum absolute atomic E-state index is 0.0177. The Bertz CT molecular complexity index is 1220. The van der Waals surface area contributed by atoms with Gasteiger partial charge in [-0.2, -0.15) is 0 Å². The molecule has 1 saturated carbocycles. The van der Waals surface area contributed by atoms with Crippen LogP contribution in [0.15, 0.2) is 41.2 Å². The molecule has 7 nitrogen and oxygen atoms in total. The van der Waals surface area contributed by atoms with E-state index < -0.39 is 0 Å². The third-order valence-corrected chi connectivity index (χ3v) is 7.78. The van der Waals surface area contributed by atoms with Gasteiger partial charge in [-0.25, -0.2) is 9.50 Å². The molecule has 3 aliphatic rings. The summed E-state index contributed by atoms with van der Waals surface area (Å²) >= 11 is 0. The summed E-state index contributed by atoms with van der Waals surface area (Å²) in [4.78, 5) is 35.8. The van der Waals surface area contributed by atoms with Crippen LogP contribution in [0.2, 0.25) is 0 Å². The van der Waals surface area contributed by atoms with E-state index in [1.54, 1.807) is 4.52 Å². The lowest BCUT2D eigenvalue weighted by atomic mass is 10.0. The molecule has 6 rings (SSSR count). The van der Waals surface area contributed by atoms with Crippen LogP contribution in [0.25, 0.3) is 5.65 Å². The molecule has 0 radical (unpaired) electrons. The molecule has 1 amide bonds. The first-order valence-electron chi connectivity index (χ1n) is 12.4. The summed E-state index contributed by atoms with van der Waals surface area (Å²) in [5.74, 6) is 0.133. The van der Waals surface area contributed by atoms with Crippen molar-refractivity contribution in [1.82, 2.24) is 24.4 Å². The van der Waals surface area contributed by atoms with Crippen LogP contribution in [-0.4, -0.2) is 49.4 Å². The number of hydrogen-bond acceptors (Lipinski definition) is 4. The number of carbonyl (C=O) groups excluding carboxylic acids is 1. The fourth-order valence-electron chi connectivity index (χ4n) is 6.03. The van der Waals surface area contributed by atoms with E-state index in [1.807, 2.05) is 41.3 Å². The molecule has 0 spiro atoms. The molecule has 3 aromatic rings. The normalized spacial score (nSPS) is 21.7. The smallest absolute Gasteiger partial charge is 0.277 e. The zero-order chi connectivity index (χ0) is 22.4. The highest BCUT2D eigenvalue weighted by Crippen LogP contribution is 2.32. The molecule has 2 fully saturated rings. The van der Waals surface area contributed by atoms with Crippen molar-refractivity contribution < 1.29 is 4.79 Å². The molecule has 4 heterocycles. The molecule has 1 atom stereocenters. The zero-order valence-electron chi connectivity index (χ0n) is 19.0. The van der Waals surface area contributed by atoms with E-state index in [-0.39, 0.29) is 17.5 Å². The number of hydrogen-bond donors (Lipinski definition) is 1. The van der Waals surface area contributed by atoms with E-state index >= 15 is 0 Å². The lowest BCUT2D eigenvalue weighted by Crippen LogP contribution is -2.41. The van der Waals surface area contributed by atoms with Gasteiger partial charge in [-0.1, -0.05) is 43.2 Å². The van der Waals surface area contributed by atoms with E-state index in [9.17, 15) is 9.59 Å². The summed E-state index contributed by atoms with van der Waals surface area (Å²) in [6, 6.07) is 12.4. The van der Waals surface area contributed by atoms with Crippen LogP contribution in [0.5, 0.6) is 0 Å². The first kappa shape index (κ1) is 20.7. The van der Waals surface area contributed by atoms with Gasteiger partial charge in [0.1, 0.15) is 0 Å². The zero-order valence-corrected chi connectivity index (χ0v) is 19.0. The van der Waals surface area contributed by atoms with Crippen molar-refractivity contribution in [1.29, 1.82) is 0 Å². The number of fused-ring (bicyclic) bond motifs is 2. The van der Waals surface area contributed by atoms with Crippen LogP contribution in [0.4, 0.5) is 0 Å². The minimum Gasteiger partial charge on any atom is -0.334 e. The highest BCUT2D eigenvalue weighted by Gasteiger charge is 2.33. The molecule has 0 bridgehead atoms. The summed E-state index contributed by atoms with van der Waals surface area (Å²) in [5, 5.41) is 3.32. The van der Waals surface area contributed by atoms with Crippen molar-refractivity contribution in [3.05, 3.63) is 69.3 Å². The van der Waals surface area contributed by atoms with Gasteiger partial charge >= 0.3 is 0 Å². The van der Waals surface area contributed by atoms with Crippen molar-refractivity contribution in [2.75, 3.05) is 13.1 Å². The number of rotatable bonds is 4. The van der Waals surface area contributed by atoms with Crippen molar-refractivity contribution in [2.45, 2.75) is 70.0 Å². The van der Waals surface area contributed by atoms with Gasteiger partial charge in [0.2, 0.25) is 5.91 Å². The summed E-state index contributed by atoms with van der Waals surface area (Å²) in [6.45, 7) is 2.44. The lowest BCUT2D eigenvalue weighted by Gasteiger charge is -2.32. The Labute approximate surface area is 193 Å². The molecule has 2 aromatic heterocycles. The van der Waals surface area contributed by atoms with Gasteiger partial charge in [0.25, 0.3) is 5.56 Å². The molecule has 7 heteroatoms.